The third-order valence-corrected chi connectivity index (χ3v) is 4.74. The van der Waals surface area contributed by atoms with Gasteiger partial charge in [0.05, 0.1) is 10.2 Å². The highest BCUT2D eigenvalue weighted by Crippen LogP contribution is 2.27. The number of rotatable bonds is 3. The van der Waals surface area contributed by atoms with E-state index in [2.05, 4.69) is 20.7 Å². The minimum absolute atomic E-state index is 0.0255. The molecule has 0 aliphatic rings. The number of nitrogens with one attached hydrogen (secondary N) is 1. The minimum Gasteiger partial charge on any atom is -0.399 e. The summed E-state index contributed by atoms with van der Waals surface area (Å²) in [6.45, 7) is 1.60. The molecule has 0 unspecified atom stereocenters. The van der Waals surface area contributed by atoms with Crippen molar-refractivity contribution in [3.63, 3.8) is 0 Å². The van der Waals surface area contributed by atoms with Crippen LogP contribution in [0.4, 0.5) is 20.2 Å². The van der Waals surface area contributed by atoms with Gasteiger partial charge in [0, 0.05) is 5.69 Å². The Morgan fingerprint density at radius 3 is 2.48 bits per heavy atom. The fourth-order valence-corrected chi connectivity index (χ4v) is 3.38. The number of anilines is 2. The van der Waals surface area contributed by atoms with E-state index in [0.29, 0.717) is 5.56 Å². The van der Waals surface area contributed by atoms with Gasteiger partial charge < -0.3 is 5.73 Å². The van der Waals surface area contributed by atoms with E-state index in [4.69, 9.17) is 5.73 Å². The van der Waals surface area contributed by atoms with Crippen molar-refractivity contribution in [2.75, 3.05) is 10.5 Å². The molecular weight excluding hydrogens is 366 g/mol. The van der Waals surface area contributed by atoms with Crippen molar-refractivity contribution in [2.45, 2.75) is 11.8 Å². The van der Waals surface area contributed by atoms with Crippen LogP contribution in [-0.4, -0.2) is 8.42 Å². The van der Waals surface area contributed by atoms with Crippen LogP contribution in [0.2, 0.25) is 0 Å². The van der Waals surface area contributed by atoms with Gasteiger partial charge in [0.25, 0.3) is 10.0 Å². The van der Waals surface area contributed by atoms with Crippen molar-refractivity contribution < 1.29 is 17.2 Å². The van der Waals surface area contributed by atoms with Gasteiger partial charge in [0.1, 0.15) is 16.5 Å². The summed E-state index contributed by atoms with van der Waals surface area (Å²) in [6.07, 6.45) is 0. The molecule has 2 rings (SSSR count). The van der Waals surface area contributed by atoms with Crippen LogP contribution in [0.15, 0.2) is 39.7 Å². The first-order valence-corrected chi connectivity index (χ1v) is 8.02. The van der Waals surface area contributed by atoms with Gasteiger partial charge in [-0.1, -0.05) is 0 Å². The molecule has 0 radical (unpaired) electrons. The second kappa shape index (κ2) is 5.61. The highest BCUT2D eigenvalue weighted by atomic mass is 79.9. The lowest BCUT2D eigenvalue weighted by molar-refractivity contribution is 0.570. The molecule has 0 saturated carbocycles. The zero-order chi connectivity index (χ0) is 15.8. The molecule has 0 aromatic heterocycles. The molecule has 4 nitrogen and oxygen atoms in total. The first-order valence-electron chi connectivity index (χ1n) is 5.74. The molecular formula is C13H11BrF2N2O2S. The van der Waals surface area contributed by atoms with Crippen LogP contribution in [0.5, 0.6) is 0 Å². The van der Waals surface area contributed by atoms with E-state index < -0.39 is 26.6 Å². The summed E-state index contributed by atoms with van der Waals surface area (Å²) >= 11 is 3.00. The van der Waals surface area contributed by atoms with Crippen molar-refractivity contribution in [1.82, 2.24) is 0 Å². The molecule has 8 heteroatoms. The van der Waals surface area contributed by atoms with Gasteiger partial charge in [-0.3, -0.25) is 4.72 Å². The largest absolute Gasteiger partial charge is 0.399 e. The molecule has 0 heterocycles. The molecule has 21 heavy (non-hydrogen) atoms. The zero-order valence-corrected chi connectivity index (χ0v) is 13.2. The molecule has 0 atom stereocenters. The number of hydrogen-bond donors (Lipinski definition) is 2. The zero-order valence-electron chi connectivity index (χ0n) is 10.8. The van der Waals surface area contributed by atoms with Gasteiger partial charge in [0.15, 0.2) is 0 Å². The molecule has 2 aromatic rings. The Labute approximate surface area is 129 Å². The van der Waals surface area contributed by atoms with Gasteiger partial charge in [-0.25, -0.2) is 17.2 Å². The van der Waals surface area contributed by atoms with Gasteiger partial charge in [-0.05, 0) is 58.7 Å². The highest BCUT2D eigenvalue weighted by molar-refractivity contribution is 9.10. The molecule has 0 aliphatic heterocycles. The van der Waals surface area contributed by atoms with E-state index in [-0.39, 0.29) is 15.8 Å². The van der Waals surface area contributed by atoms with Crippen molar-refractivity contribution in [3.05, 3.63) is 52.0 Å². The quantitative estimate of drug-likeness (QED) is 0.806. The fourth-order valence-electron chi connectivity index (χ4n) is 1.68. The average Bonchev–Trinajstić information content (AvgIpc) is 2.38. The van der Waals surface area contributed by atoms with E-state index >= 15 is 0 Å². The predicted molar refractivity (Wildman–Crippen MR) is 80.5 cm³/mol. The lowest BCUT2D eigenvalue weighted by Gasteiger charge is -2.12. The summed E-state index contributed by atoms with van der Waals surface area (Å²) in [4.78, 5) is -0.592. The monoisotopic (exact) mass is 376 g/mol. The number of aryl methyl sites for hydroxylation is 1. The van der Waals surface area contributed by atoms with E-state index in [1.54, 1.807) is 6.92 Å². The molecule has 2 aromatic carbocycles. The molecule has 0 amide bonds. The van der Waals surface area contributed by atoms with Gasteiger partial charge in [0.2, 0.25) is 0 Å². The van der Waals surface area contributed by atoms with Crippen LogP contribution in [0.3, 0.4) is 0 Å². The standard InChI is InChI=1S/C13H11BrF2N2O2S/c1-7-4-9(14)11(16)6-12(7)18-21(19,20)13-5-8(17)2-3-10(13)15/h2-6,18H,17H2,1H3. The average molecular weight is 377 g/mol. The van der Waals surface area contributed by atoms with Gasteiger partial charge in [-0.2, -0.15) is 0 Å². The topological polar surface area (TPSA) is 72.2 Å². The summed E-state index contributed by atoms with van der Waals surface area (Å²) in [6, 6.07) is 5.64. The summed E-state index contributed by atoms with van der Waals surface area (Å²) in [5.41, 5.74) is 6.08. The maximum Gasteiger partial charge on any atom is 0.264 e. The molecule has 112 valence electrons. The second-order valence-electron chi connectivity index (χ2n) is 4.38. The van der Waals surface area contributed by atoms with Crippen LogP contribution < -0.4 is 10.5 Å². The van der Waals surface area contributed by atoms with Crippen molar-refractivity contribution in [2.24, 2.45) is 0 Å². The van der Waals surface area contributed by atoms with Crippen LogP contribution in [0.1, 0.15) is 5.56 Å². The summed E-state index contributed by atoms with van der Waals surface area (Å²) < 4.78 is 53.9. The maximum absolute atomic E-state index is 13.7. The molecule has 3 N–H and O–H groups in total. The molecule has 0 bridgehead atoms. The Hall–Kier alpha value is -1.67. The minimum atomic E-state index is -4.21. The Kier molecular flexibility index (Phi) is 4.20. The second-order valence-corrected chi connectivity index (χ2v) is 6.88. The lowest BCUT2D eigenvalue weighted by Crippen LogP contribution is -2.16. The summed E-state index contributed by atoms with van der Waals surface area (Å²) in [5, 5.41) is 0. The maximum atomic E-state index is 13.7. The number of nitrogens with two attached hydrogens (primary N) is 1. The number of halogens is 3. The van der Waals surface area contributed by atoms with Crippen molar-refractivity contribution in [1.29, 1.82) is 0 Å². The van der Waals surface area contributed by atoms with Crippen LogP contribution in [0.25, 0.3) is 0 Å². The first-order chi connectivity index (χ1) is 9.70. The fraction of sp³-hybridized carbons (Fsp3) is 0.0769. The van der Waals surface area contributed by atoms with Crippen LogP contribution in [-0.2, 0) is 10.0 Å². The smallest absolute Gasteiger partial charge is 0.264 e. The van der Waals surface area contributed by atoms with Crippen molar-refractivity contribution >= 4 is 37.3 Å². The van der Waals surface area contributed by atoms with Crippen molar-refractivity contribution in [3.8, 4) is 0 Å². The van der Waals surface area contributed by atoms with E-state index in [9.17, 15) is 17.2 Å². The Bertz CT molecular complexity index is 810. The lowest BCUT2D eigenvalue weighted by atomic mass is 10.2. The third kappa shape index (κ3) is 3.33. The van der Waals surface area contributed by atoms with E-state index in [0.717, 1.165) is 18.2 Å². The highest BCUT2D eigenvalue weighted by Gasteiger charge is 2.21. The van der Waals surface area contributed by atoms with Gasteiger partial charge in [-0.15, -0.1) is 0 Å². The summed E-state index contributed by atoms with van der Waals surface area (Å²) in [5.74, 6) is -1.57. The summed E-state index contributed by atoms with van der Waals surface area (Å²) in [7, 11) is -4.21. The molecule has 0 saturated heterocycles. The van der Waals surface area contributed by atoms with E-state index in [1.165, 1.54) is 12.1 Å². The first kappa shape index (κ1) is 15.7. The normalized spacial score (nSPS) is 11.4. The SMILES string of the molecule is Cc1cc(Br)c(F)cc1NS(=O)(=O)c1cc(N)ccc1F. The van der Waals surface area contributed by atoms with Gasteiger partial charge >= 0.3 is 0 Å². The van der Waals surface area contributed by atoms with E-state index in [1.807, 2.05) is 0 Å². The number of hydrogen-bond acceptors (Lipinski definition) is 3. The van der Waals surface area contributed by atoms with Crippen LogP contribution >= 0.6 is 15.9 Å². The Morgan fingerprint density at radius 2 is 1.81 bits per heavy atom. The molecule has 0 aliphatic carbocycles. The number of sulfonamides is 1. The number of benzene rings is 2. The Morgan fingerprint density at radius 1 is 1.14 bits per heavy atom. The van der Waals surface area contributed by atoms with Crippen LogP contribution in [0, 0.1) is 18.6 Å². The molecule has 0 spiro atoms. The predicted octanol–water partition coefficient (Wildman–Crippen LogP) is 3.42. The molecule has 0 fully saturated rings. The number of nitrogen functional groups attached to an aromatic ring is 1. The third-order valence-electron chi connectivity index (χ3n) is 2.76. The Balaban J connectivity index is 2.47.